The van der Waals surface area contributed by atoms with Crippen LogP contribution in [-0.2, 0) is 11.2 Å². The molecule has 0 aliphatic rings. The van der Waals surface area contributed by atoms with E-state index in [0.717, 1.165) is 5.56 Å². The van der Waals surface area contributed by atoms with Crippen molar-refractivity contribution in [1.82, 2.24) is 10.3 Å². The minimum Gasteiger partial charge on any atom is -0.493 e. The van der Waals surface area contributed by atoms with Crippen LogP contribution in [-0.4, -0.2) is 45.3 Å². The van der Waals surface area contributed by atoms with Crippen molar-refractivity contribution < 1.29 is 19.0 Å². The molecule has 0 bridgehead atoms. The number of anilines is 1. The number of pyridine rings is 1. The monoisotopic (exact) mass is 427 g/mol. The van der Waals surface area contributed by atoms with Crippen molar-refractivity contribution in [2.75, 3.05) is 39.7 Å². The van der Waals surface area contributed by atoms with Gasteiger partial charge in [0.05, 0.1) is 31.4 Å². The number of hydrogen-bond donors (Lipinski definition) is 2. The summed E-state index contributed by atoms with van der Waals surface area (Å²) in [5.74, 6) is 2.12. The van der Waals surface area contributed by atoms with E-state index in [4.69, 9.17) is 37.4 Å². The van der Waals surface area contributed by atoms with Gasteiger partial charge >= 0.3 is 0 Å². The van der Waals surface area contributed by atoms with Crippen LogP contribution in [0.5, 0.6) is 17.2 Å². The number of nitrogens with one attached hydrogen (secondary N) is 2. The molecule has 152 valence electrons. The first-order valence-electron chi connectivity index (χ1n) is 8.59. The van der Waals surface area contributed by atoms with Crippen LogP contribution in [0, 0.1) is 0 Å². The fourth-order valence-corrected chi connectivity index (χ4v) is 3.00. The van der Waals surface area contributed by atoms with E-state index in [2.05, 4.69) is 15.6 Å². The van der Waals surface area contributed by atoms with Crippen LogP contribution in [0.15, 0.2) is 24.4 Å². The zero-order chi connectivity index (χ0) is 20.5. The van der Waals surface area contributed by atoms with Crippen LogP contribution in [0.4, 0.5) is 5.82 Å². The third kappa shape index (κ3) is 6.07. The first kappa shape index (κ1) is 21.9. The third-order valence-electron chi connectivity index (χ3n) is 3.91. The lowest BCUT2D eigenvalue weighted by atomic mass is 10.1. The number of nitrogens with zero attached hydrogens (tertiary/aromatic N) is 1. The second-order valence-electron chi connectivity index (χ2n) is 5.79. The van der Waals surface area contributed by atoms with Gasteiger partial charge < -0.3 is 24.8 Å². The van der Waals surface area contributed by atoms with Crippen LogP contribution >= 0.6 is 23.2 Å². The molecule has 1 amide bonds. The summed E-state index contributed by atoms with van der Waals surface area (Å²) in [5.41, 5.74) is 0.917. The molecule has 0 saturated carbocycles. The molecule has 0 fully saturated rings. The number of rotatable bonds is 10. The zero-order valence-electron chi connectivity index (χ0n) is 16.0. The molecule has 0 aliphatic carbocycles. The lowest BCUT2D eigenvalue weighted by Gasteiger charge is -2.14. The quantitative estimate of drug-likeness (QED) is 0.563. The van der Waals surface area contributed by atoms with Crippen molar-refractivity contribution >= 4 is 34.9 Å². The van der Waals surface area contributed by atoms with Gasteiger partial charge in [-0.05, 0) is 30.2 Å². The Bertz CT molecular complexity index is 793. The summed E-state index contributed by atoms with van der Waals surface area (Å²) < 4.78 is 15.9. The van der Waals surface area contributed by atoms with Crippen molar-refractivity contribution in [3.63, 3.8) is 0 Å². The molecule has 2 N–H and O–H groups in total. The number of halogens is 2. The summed E-state index contributed by atoms with van der Waals surface area (Å²) in [7, 11) is 4.67. The van der Waals surface area contributed by atoms with Crippen LogP contribution in [0.25, 0.3) is 0 Å². The standard InChI is InChI=1S/C19H23Cl2N3O4/c1-26-15-8-12(9-16(27-2)18(15)28-3)4-5-17(25)22-6-7-23-19-14(21)10-13(20)11-24-19/h8-11H,4-7H2,1-3H3,(H,22,25)(H,23,24). The van der Waals surface area contributed by atoms with Crippen molar-refractivity contribution in [1.29, 1.82) is 0 Å². The van der Waals surface area contributed by atoms with Crippen LogP contribution in [0.2, 0.25) is 10.0 Å². The lowest BCUT2D eigenvalue weighted by Crippen LogP contribution is -2.29. The number of ether oxygens (including phenoxy) is 3. The van der Waals surface area contributed by atoms with E-state index >= 15 is 0 Å². The molecule has 0 spiro atoms. The Morgan fingerprint density at radius 2 is 1.71 bits per heavy atom. The summed E-state index contributed by atoms with van der Waals surface area (Å²) in [6.07, 6.45) is 2.38. The summed E-state index contributed by atoms with van der Waals surface area (Å²) in [5, 5.41) is 6.80. The van der Waals surface area contributed by atoms with Gasteiger partial charge in [-0.2, -0.15) is 0 Å². The van der Waals surface area contributed by atoms with Crippen molar-refractivity contribution in [2.24, 2.45) is 0 Å². The fourth-order valence-electron chi connectivity index (χ4n) is 2.55. The molecule has 0 saturated heterocycles. The SMILES string of the molecule is COc1cc(CCC(=O)NCCNc2ncc(Cl)cc2Cl)cc(OC)c1OC. The normalized spacial score (nSPS) is 10.3. The zero-order valence-corrected chi connectivity index (χ0v) is 17.5. The highest BCUT2D eigenvalue weighted by Crippen LogP contribution is 2.38. The smallest absolute Gasteiger partial charge is 0.220 e. The highest BCUT2D eigenvalue weighted by atomic mass is 35.5. The van der Waals surface area contributed by atoms with E-state index in [1.165, 1.54) is 6.20 Å². The van der Waals surface area contributed by atoms with E-state index in [1.54, 1.807) is 27.4 Å². The molecule has 0 unspecified atom stereocenters. The lowest BCUT2D eigenvalue weighted by molar-refractivity contribution is -0.120. The number of carbonyl (C=O) groups is 1. The van der Waals surface area contributed by atoms with E-state index in [1.807, 2.05) is 12.1 Å². The number of aryl methyl sites for hydroxylation is 1. The largest absolute Gasteiger partial charge is 0.493 e. The van der Waals surface area contributed by atoms with Gasteiger partial charge in [0.2, 0.25) is 11.7 Å². The minimum atomic E-state index is -0.0642. The van der Waals surface area contributed by atoms with Gasteiger partial charge in [-0.25, -0.2) is 4.98 Å². The minimum absolute atomic E-state index is 0.0642. The number of amides is 1. The number of aromatic nitrogens is 1. The van der Waals surface area contributed by atoms with Gasteiger partial charge in [-0.15, -0.1) is 0 Å². The van der Waals surface area contributed by atoms with Crippen molar-refractivity contribution in [3.05, 3.63) is 40.0 Å². The topological polar surface area (TPSA) is 81.7 Å². The second-order valence-corrected chi connectivity index (χ2v) is 6.64. The van der Waals surface area contributed by atoms with E-state index in [-0.39, 0.29) is 5.91 Å². The van der Waals surface area contributed by atoms with Gasteiger partial charge in [0.1, 0.15) is 5.82 Å². The highest BCUT2D eigenvalue weighted by Gasteiger charge is 2.13. The Morgan fingerprint density at radius 3 is 2.29 bits per heavy atom. The van der Waals surface area contributed by atoms with Crippen LogP contribution < -0.4 is 24.8 Å². The maximum Gasteiger partial charge on any atom is 0.220 e. The number of methoxy groups -OCH3 is 3. The third-order valence-corrected chi connectivity index (χ3v) is 4.41. The van der Waals surface area contributed by atoms with Gasteiger partial charge in [0, 0.05) is 25.7 Å². The number of hydrogen-bond acceptors (Lipinski definition) is 6. The van der Waals surface area contributed by atoms with Gasteiger partial charge in [-0.3, -0.25) is 4.79 Å². The first-order chi connectivity index (χ1) is 13.5. The van der Waals surface area contributed by atoms with E-state index in [9.17, 15) is 4.79 Å². The molecule has 0 radical (unpaired) electrons. The molecular weight excluding hydrogens is 405 g/mol. The number of benzene rings is 1. The summed E-state index contributed by atoms with van der Waals surface area (Å²) in [4.78, 5) is 16.2. The Balaban J connectivity index is 1.80. The molecule has 0 aliphatic heterocycles. The van der Waals surface area contributed by atoms with Crippen molar-refractivity contribution in [3.8, 4) is 17.2 Å². The molecule has 1 aromatic heterocycles. The molecule has 1 aromatic carbocycles. The van der Waals surface area contributed by atoms with Crippen LogP contribution in [0.3, 0.4) is 0 Å². The Morgan fingerprint density at radius 1 is 1.04 bits per heavy atom. The highest BCUT2D eigenvalue weighted by molar-refractivity contribution is 6.35. The maximum absolute atomic E-state index is 12.1. The van der Waals surface area contributed by atoms with Crippen LogP contribution in [0.1, 0.15) is 12.0 Å². The average Bonchev–Trinajstić information content (AvgIpc) is 2.69. The van der Waals surface area contributed by atoms with Gasteiger partial charge in [0.15, 0.2) is 11.5 Å². The maximum atomic E-state index is 12.1. The molecule has 9 heteroatoms. The average molecular weight is 428 g/mol. The predicted molar refractivity (Wildman–Crippen MR) is 110 cm³/mol. The Labute approximate surface area is 174 Å². The molecule has 7 nitrogen and oxygen atoms in total. The number of carbonyl (C=O) groups excluding carboxylic acids is 1. The molecule has 28 heavy (non-hydrogen) atoms. The molecule has 0 atom stereocenters. The van der Waals surface area contributed by atoms with Crippen molar-refractivity contribution in [2.45, 2.75) is 12.8 Å². The van der Waals surface area contributed by atoms with E-state index in [0.29, 0.717) is 59.0 Å². The Kier molecular flexibility index (Phi) is 8.47. The Hall–Kier alpha value is -2.38. The van der Waals surface area contributed by atoms with E-state index < -0.39 is 0 Å². The molecule has 1 heterocycles. The second kappa shape index (κ2) is 10.8. The van der Waals surface area contributed by atoms with Gasteiger partial charge in [-0.1, -0.05) is 23.2 Å². The first-order valence-corrected chi connectivity index (χ1v) is 9.34. The molecule has 2 rings (SSSR count). The van der Waals surface area contributed by atoms with Gasteiger partial charge in [0.25, 0.3) is 0 Å². The fraction of sp³-hybridized carbons (Fsp3) is 0.368. The summed E-state index contributed by atoms with van der Waals surface area (Å²) in [6.45, 7) is 0.930. The molecule has 2 aromatic rings. The summed E-state index contributed by atoms with van der Waals surface area (Å²) >= 11 is 11.8. The molecular formula is C19H23Cl2N3O4. The predicted octanol–water partition coefficient (Wildman–Crippen LogP) is 3.58. The summed E-state index contributed by atoms with van der Waals surface area (Å²) in [6, 6.07) is 5.28.